The molecule has 4 nitrogen and oxygen atoms in total. The highest BCUT2D eigenvalue weighted by molar-refractivity contribution is 5.86. The lowest BCUT2D eigenvalue weighted by Crippen LogP contribution is -2.34. The standard InChI is InChI=1S/C18H20N2O2/c21-12-13-5-4-8-16(11-13)19-17(14-6-2-1-3-7-14)18(22)20-15-9-10-15/h1-8,11,15,17,19,21H,9-10,12H2,(H,20,22)/t17-/m0/s1. The lowest BCUT2D eigenvalue weighted by molar-refractivity contribution is -0.122. The van der Waals surface area contributed by atoms with Gasteiger partial charge >= 0.3 is 0 Å². The van der Waals surface area contributed by atoms with Crippen LogP contribution in [0.4, 0.5) is 5.69 Å². The number of anilines is 1. The van der Waals surface area contributed by atoms with Gasteiger partial charge in [-0.2, -0.15) is 0 Å². The molecule has 2 aromatic rings. The number of carbonyl (C=O) groups excluding carboxylic acids is 1. The van der Waals surface area contributed by atoms with E-state index >= 15 is 0 Å². The minimum Gasteiger partial charge on any atom is -0.392 e. The molecule has 114 valence electrons. The molecule has 3 rings (SSSR count). The van der Waals surface area contributed by atoms with Crippen LogP contribution in [0.5, 0.6) is 0 Å². The molecule has 1 amide bonds. The van der Waals surface area contributed by atoms with E-state index < -0.39 is 6.04 Å². The first-order valence-electron chi connectivity index (χ1n) is 7.58. The van der Waals surface area contributed by atoms with E-state index in [1.54, 1.807) is 0 Å². The Morgan fingerprint density at radius 2 is 1.91 bits per heavy atom. The maximum atomic E-state index is 12.5. The summed E-state index contributed by atoms with van der Waals surface area (Å²) in [5.41, 5.74) is 2.57. The molecule has 1 saturated carbocycles. The maximum absolute atomic E-state index is 12.5. The third kappa shape index (κ3) is 3.65. The Balaban J connectivity index is 1.82. The second-order valence-corrected chi connectivity index (χ2v) is 5.63. The van der Waals surface area contributed by atoms with Crippen LogP contribution in [0, 0.1) is 0 Å². The molecule has 0 bridgehead atoms. The SMILES string of the molecule is O=C(NC1CC1)[C@@H](Nc1cccc(CO)c1)c1ccccc1. The Morgan fingerprint density at radius 1 is 1.14 bits per heavy atom. The first-order valence-corrected chi connectivity index (χ1v) is 7.58. The molecule has 22 heavy (non-hydrogen) atoms. The van der Waals surface area contributed by atoms with Crippen LogP contribution in [0.25, 0.3) is 0 Å². The monoisotopic (exact) mass is 296 g/mol. The van der Waals surface area contributed by atoms with Crippen LogP contribution in [0.15, 0.2) is 54.6 Å². The van der Waals surface area contributed by atoms with Gasteiger partial charge in [0.25, 0.3) is 0 Å². The van der Waals surface area contributed by atoms with Crippen LogP contribution < -0.4 is 10.6 Å². The van der Waals surface area contributed by atoms with Crippen molar-refractivity contribution in [3.8, 4) is 0 Å². The summed E-state index contributed by atoms with van der Waals surface area (Å²) in [7, 11) is 0. The van der Waals surface area contributed by atoms with Crippen LogP contribution in [-0.4, -0.2) is 17.1 Å². The molecule has 0 unspecified atom stereocenters. The van der Waals surface area contributed by atoms with Crippen molar-refractivity contribution in [2.24, 2.45) is 0 Å². The molecule has 0 spiro atoms. The number of carbonyl (C=O) groups is 1. The van der Waals surface area contributed by atoms with Crippen molar-refractivity contribution in [2.75, 3.05) is 5.32 Å². The number of amides is 1. The Morgan fingerprint density at radius 3 is 2.59 bits per heavy atom. The van der Waals surface area contributed by atoms with Gasteiger partial charge in [0.05, 0.1) is 6.61 Å². The predicted molar refractivity (Wildman–Crippen MR) is 86.3 cm³/mol. The van der Waals surface area contributed by atoms with Crippen LogP contribution in [-0.2, 0) is 11.4 Å². The summed E-state index contributed by atoms with van der Waals surface area (Å²) in [5.74, 6) is -0.0110. The summed E-state index contributed by atoms with van der Waals surface area (Å²) in [6.45, 7) is -0.0141. The van der Waals surface area contributed by atoms with Crippen molar-refractivity contribution in [2.45, 2.75) is 31.5 Å². The molecule has 1 aliphatic rings. The topological polar surface area (TPSA) is 61.4 Å². The lowest BCUT2D eigenvalue weighted by atomic mass is 10.1. The Bertz CT molecular complexity index is 639. The van der Waals surface area contributed by atoms with E-state index in [0.717, 1.165) is 29.7 Å². The fourth-order valence-electron chi connectivity index (χ4n) is 2.38. The molecule has 4 heteroatoms. The van der Waals surface area contributed by atoms with E-state index in [-0.39, 0.29) is 12.5 Å². The lowest BCUT2D eigenvalue weighted by Gasteiger charge is -2.20. The summed E-state index contributed by atoms with van der Waals surface area (Å²) in [6, 6.07) is 17.1. The normalized spacial score (nSPS) is 15.1. The van der Waals surface area contributed by atoms with Gasteiger partial charge in [0, 0.05) is 11.7 Å². The first-order chi connectivity index (χ1) is 10.8. The highest BCUT2D eigenvalue weighted by Gasteiger charge is 2.28. The highest BCUT2D eigenvalue weighted by atomic mass is 16.3. The van der Waals surface area contributed by atoms with Crippen LogP contribution in [0.1, 0.15) is 30.0 Å². The van der Waals surface area contributed by atoms with E-state index in [4.69, 9.17) is 0 Å². The van der Waals surface area contributed by atoms with Gasteiger partial charge in [-0.3, -0.25) is 4.79 Å². The smallest absolute Gasteiger partial charge is 0.247 e. The van der Waals surface area contributed by atoms with Crippen LogP contribution >= 0.6 is 0 Å². The largest absolute Gasteiger partial charge is 0.392 e. The van der Waals surface area contributed by atoms with Gasteiger partial charge in [-0.25, -0.2) is 0 Å². The average molecular weight is 296 g/mol. The molecule has 1 fully saturated rings. The summed E-state index contributed by atoms with van der Waals surface area (Å²) in [4.78, 5) is 12.5. The van der Waals surface area contributed by atoms with E-state index in [1.165, 1.54) is 0 Å². The van der Waals surface area contributed by atoms with Gasteiger partial charge < -0.3 is 15.7 Å². The van der Waals surface area contributed by atoms with E-state index in [2.05, 4.69) is 10.6 Å². The molecule has 0 saturated heterocycles. The minimum atomic E-state index is -0.434. The summed E-state index contributed by atoms with van der Waals surface area (Å²) in [6.07, 6.45) is 2.13. The summed E-state index contributed by atoms with van der Waals surface area (Å²) in [5, 5.41) is 15.6. The number of benzene rings is 2. The van der Waals surface area contributed by atoms with Gasteiger partial charge in [0.2, 0.25) is 5.91 Å². The van der Waals surface area contributed by atoms with E-state index in [0.29, 0.717) is 6.04 Å². The number of nitrogens with one attached hydrogen (secondary N) is 2. The fourth-order valence-corrected chi connectivity index (χ4v) is 2.38. The molecule has 1 aliphatic carbocycles. The van der Waals surface area contributed by atoms with Crippen molar-refractivity contribution >= 4 is 11.6 Å². The number of aliphatic hydroxyl groups excluding tert-OH is 1. The summed E-state index contributed by atoms with van der Waals surface area (Å²) >= 11 is 0. The summed E-state index contributed by atoms with van der Waals surface area (Å²) < 4.78 is 0. The van der Waals surface area contributed by atoms with Gasteiger partial charge in [0.1, 0.15) is 6.04 Å². The number of aliphatic hydroxyl groups is 1. The molecular weight excluding hydrogens is 276 g/mol. The van der Waals surface area contributed by atoms with E-state index in [1.807, 2.05) is 54.6 Å². The Hall–Kier alpha value is -2.33. The van der Waals surface area contributed by atoms with Crippen molar-refractivity contribution in [3.63, 3.8) is 0 Å². The molecule has 1 atom stereocenters. The zero-order valence-corrected chi connectivity index (χ0v) is 12.3. The maximum Gasteiger partial charge on any atom is 0.247 e. The Labute approximate surface area is 130 Å². The van der Waals surface area contributed by atoms with Gasteiger partial charge in [-0.1, -0.05) is 42.5 Å². The predicted octanol–water partition coefficient (Wildman–Crippen LogP) is 2.61. The average Bonchev–Trinajstić information content (AvgIpc) is 3.37. The number of hydrogen-bond donors (Lipinski definition) is 3. The zero-order chi connectivity index (χ0) is 15.4. The molecule has 0 heterocycles. The van der Waals surface area contributed by atoms with Crippen LogP contribution in [0.2, 0.25) is 0 Å². The fraction of sp³-hybridized carbons (Fsp3) is 0.278. The van der Waals surface area contributed by atoms with Gasteiger partial charge in [-0.15, -0.1) is 0 Å². The third-order valence-corrected chi connectivity index (χ3v) is 3.74. The molecule has 3 N–H and O–H groups in total. The molecule has 0 aliphatic heterocycles. The first kappa shape index (κ1) is 14.6. The van der Waals surface area contributed by atoms with Crippen molar-refractivity contribution in [1.82, 2.24) is 5.32 Å². The van der Waals surface area contributed by atoms with Gasteiger partial charge in [0.15, 0.2) is 0 Å². The van der Waals surface area contributed by atoms with Crippen molar-refractivity contribution in [1.29, 1.82) is 0 Å². The minimum absolute atomic E-state index is 0.0110. The molecule has 2 aromatic carbocycles. The Kier molecular flexibility index (Phi) is 4.39. The van der Waals surface area contributed by atoms with E-state index in [9.17, 15) is 9.90 Å². The van der Waals surface area contributed by atoms with Crippen molar-refractivity contribution < 1.29 is 9.90 Å². The quantitative estimate of drug-likeness (QED) is 0.768. The highest BCUT2D eigenvalue weighted by Crippen LogP contribution is 2.24. The number of hydrogen-bond acceptors (Lipinski definition) is 3. The molecule has 0 aromatic heterocycles. The van der Waals surface area contributed by atoms with Gasteiger partial charge in [-0.05, 0) is 36.1 Å². The second-order valence-electron chi connectivity index (χ2n) is 5.63. The molecular formula is C18H20N2O2. The van der Waals surface area contributed by atoms with Crippen LogP contribution in [0.3, 0.4) is 0 Å². The molecule has 0 radical (unpaired) electrons. The third-order valence-electron chi connectivity index (χ3n) is 3.74. The number of rotatable bonds is 6. The second kappa shape index (κ2) is 6.62. The zero-order valence-electron chi connectivity index (χ0n) is 12.3. The van der Waals surface area contributed by atoms with Crippen molar-refractivity contribution in [3.05, 3.63) is 65.7 Å².